The highest BCUT2D eigenvalue weighted by molar-refractivity contribution is 7.89. The summed E-state index contributed by atoms with van der Waals surface area (Å²) in [6.45, 7) is 4.17. The topological polar surface area (TPSA) is 66.5 Å². The molecule has 0 fully saturated rings. The second-order valence-electron chi connectivity index (χ2n) is 5.54. The van der Waals surface area contributed by atoms with Crippen LogP contribution in [-0.4, -0.2) is 31.7 Å². The molecule has 8 heteroatoms. The number of amides is 1. The van der Waals surface area contributed by atoms with E-state index in [1.807, 2.05) is 0 Å². The molecule has 0 spiro atoms. The average molecular weight is 399 g/mol. The van der Waals surface area contributed by atoms with Gasteiger partial charge in [-0.25, -0.2) is 12.8 Å². The molecule has 0 saturated heterocycles. The van der Waals surface area contributed by atoms with Crippen LogP contribution in [-0.2, 0) is 16.6 Å². The first-order valence-corrected chi connectivity index (χ1v) is 9.93. The van der Waals surface area contributed by atoms with Gasteiger partial charge in [0.25, 0.3) is 5.91 Å². The van der Waals surface area contributed by atoms with Crippen molar-refractivity contribution in [2.75, 3.05) is 13.1 Å². The van der Waals surface area contributed by atoms with Gasteiger partial charge in [0.2, 0.25) is 10.0 Å². The van der Waals surface area contributed by atoms with Crippen molar-refractivity contribution >= 4 is 27.5 Å². The first-order chi connectivity index (χ1) is 12.3. The van der Waals surface area contributed by atoms with Crippen LogP contribution in [0, 0.1) is 5.82 Å². The highest BCUT2D eigenvalue weighted by atomic mass is 35.5. The highest BCUT2D eigenvalue weighted by Crippen LogP contribution is 2.19. The molecule has 0 atom stereocenters. The lowest BCUT2D eigenvalue weighted by molar-refractivity contribution is 0.0946. The smallest absolute Gasteiger partial charge is 0.254 e. The van der Waals surface area contributed by atoms with Crippen molar-refractivity contribution in [3.05, 3.63) is 64.4 Å². The molecule has 26 heavy (non-hydrogen) atoms. The minimum Gasteiger partial charge on any atom is -0.348 e. The molecule has 2 aromatic carbocycles. The summed E-state index contributed by atoms with van der Waals surface area (Å²) < 4.78 is 40.4. The van der Waals surface area contributed by atoms with E-state index in [4.69, 9.17) is 11.6 Å². The maximum Gasteiger partial charge on any atom is 0.254 e. The summed E-state index contributed by atoms with van der Waals surface area (Å²) in [5.41, 5.74) is 0.474. The normalized spacial score (nSPS) is 11.6. The number of rotatable bonds is 7. The Kier molecular flexibility index (Phi) is 6.75. The second-order valence-corrected chi connectivity index (χ2v) is 7.91. The Morgan fingerprint density at radius 3 is 2.31 bits per heavy atom. The lowest BCUT2D eigenvalue weighted by Crippen LogP contribution is -2.31. The van der Waals surface area contributed by atoms with Crippen LogP contribution in [0.3, 0.4) is 0 Å². The number of hydrogen-bond donors (Lipinski definition) is 1. The van der Waals surface area contributed by atoms with Crippen LogP contribution in [0.5, 0.6) is 0 Å². The van der Waals surface area contributed by atoms with Crippen LogP contribution >= 0.6 is 11.6 Å². The molecule has 0 bridgehead atoms. The molecule has 0 saturated carbocycles. The summed E-state index contributed by atoms with van der Waals surface area (Å²) in [6.07, 6.45) is 0. The Morgan fingerprint density at radius 1 is 1.12 bits per heavy atom. The number of hydrogen-bond acceptors (Lipinski definition) is 3. The van der Waals surface area contributed by atoms with Crippen LogP contribution in [0.15, 0.2) is 47.4 Å². The van der Waals surface area contributed by atoms with Gasteiger partial charge in [0.1, 0.15) is 5.82 Å². The molecular formula is C18H20ClFN2O3S. The maximum absolute atomic E-state index is 14.1. The third-order valence-electron chi connectivity index (χ3n) is 3.89. The molecule has 1 amide bonds. The predicted octanol–water partition coefficient (Wildman–Crippen LogP) is 3.44. The van der Waals surface area contributed by atoms with Gasteiger partial charge in [0.05, 0.1) is 10.5 Å². The zero-order valence-corrected chi connectivity index (χ0v) is 16.1. The van der Waals surface area contributed by atoms with E-state index in [0.717, 1.165) is 17.7 Å². The molecule has 140 valence electrons. The fourth-order valence-electron chi connectivity index (χ4n) is 2.43. The van der Waals surface area contributed by atoms with Crippen LogP contribution in [0.2, 0.25) is 5.02 Å². The standard InChI is InChI=1S/C18H20ClFN2O3S/c1-3-22(4-2)26(24,25)15-9-10-17(20)16(11-15)18(23)21-12-13-5-7-14(19)8-6-13/h5-11H,3-4,12H2,1-2H3,(H,21,23). The van der Waals surface area contributed by atoms with Crippen LogP contribution in [0.4, 0.5) is 4.39 Å². The molecule has 2 aromatic rings. The number of benzene rings is 2. The van der Waals surface area contributed by atoms with Gasteiger partial charge in [-0.05, 0) is 35.9 Å². The summed E-state index contributed by atoms with van der Waals surface area (Å²) >= 11 is 5.80. The molecule has 0 aliphatic heterocycles. The van der Waals surface area contributed by atoms with Gasteiger partial charge in [-0.2, -0.15) is 4.31 Å². The molecule has 5 nitrogen and oxygen atoms in total. The Bertz CT molecular complexity index is 882. The van der Waals surface area contributed by atoms with Gasteiger partial charge < -0.3 is 5.32 Å². The second kappa shape index (κ2) is 8.62. The number of carbonyl (C=O) groups is 1. The molecule has 0 radical (unpaired) electrons. The minimum absolute atomic E-state index is 0.112. The number of sulfonamides is 1. The predicted molar refractivity (Wildman–Crippen MR) is 99.1 cm³/mol. The van der Waals surface area contributed by atoms with Gasteiger partial charge in [-0.3, -0.25) is 4.79 Å². The molecule has 0 aliphatic carbocycles. The van der Waals surface area contributed by atoms with Gasteiger partial charge in [-0.1, -0.05) is 37.6 Å². The lowest BCUT2D eigenvalue weighted by atomic mass is 10.2. The number of carbonyl (C=O) groups excluding carboxylic acids is 1. The molecule has 0 unspecified atom stereocenters. The van der Waals surface area contributed by atoms with Gasteiger partial charge in [0.15, 0.2) is 0 Å². The molecule has 0 aliphatic rings. The quantitative estimate of drug-likeness (QED) is 0.776. The van der Waals surface area contributed by atoms with Crippen LogP contribution in [0.1, 0.15) is 29.8 Å². The molecule has 2 rings (SSSR count). The number of halogens is 2. The van der Waals surface area contributed by atoms with E-state index in [1.165, 1.54) is 10.4 Å². The number of nitrogens with one attached hydrogen (secondary N) is 1. The van der Waals surface area contributed by atoms with Crippen molar-refractivity contribution in [3.8, 4) is 0 Å². The SMILES string of the molecule is CCN(CC)S(=O)(=O)c1ccc(F)c(C(=O)NCc2ccc(Cl)cc2)c1. The van der Waals surface area contributed by atoms with Crippen LogP contribution < -0.4 is 5.32 Å². The highest BCUT2D eigenvalue weighted by Gasteiger charge is 2.24. The third kappa shape index (κ3) is 4.60. The average Bonchev–Trinajstić information content (AvgIpc) is 2.62. The zero-order chi connectivity index (χ0) is 19.3. The van der Waals surface area contributed by atoms with E-state index in [0.29, 0.717) is 5.02 Å². The molecule has 0 aromatic heterocycles. The molecule has 0 heterocycles. The van der Waals surface area contributed by atoms with E-state index in [-0.39, 0.29) is 30.1 Å². The lowest BCUT2D eigenvalue weighted by Gasteiger charge is -2.19. The summed E-state index contributed by atoms with van der Waals surface area (Å²) in [5.74, 6) is -1.47. The van der Waals surface area contributed by atoms with Gasteiger partial charge >= 0.3 is 0 Å². The Morgan fingerprint density at radius 2 is 1.73 bits per heavy atom. The monoisotopic (exact) mass is 398 g/mol. The summed E-state index contributed by atoms with van der Waals surface area (Å²) in [4.78, 5) is 12.2. The van der Waals surface area contributed by atoms with Gasteiger partial charge in [-0.15, -0.1) is 0 Å². The largest absolute Gasteiger partial charge is 0.348 e. The minimum atomic E-state index is -3.77. The zero-order valence-electron chi connectivity index (χ0n) is 14.5. The fraction of sp³-hybridized carbons (Fsp3) is 0.278. The number of nitrogens with zero attached hydrogens (tertiary/aromatic N) is 1. The summed E-state index contributed by atoms with van der Waals surface area (Å²) in [5, 5.41) is 3.15. The Hall–Kier alpha value is -1.96. The Labute approximate surface area is 157 Å². The van der Waals surface area contributed by atoms with Crippen molar-refractivity contribution in [3.63, 3.8) is 0 Å². The van der Waals surface area contributed by atoms with Crippen molar-refractivity contribution in [1.82, 2.24) is 9.62 Å². The third-order valence-corrected chi connectivity index (χ3v) is 6.19. The van der Waals surface area contributed by atoms with E-state index < -0.39 is 21.7 Å². The van der Waals surface area contributed by atoms with Crippen molar-refractivity contribution < 1.29 is 17.6 Å². The summed E-state index contributed by atoms with van der Waals surface area (Å²) in [6, 6.07) is 10.1. The van der Waals surface area contributed by atoms with Gasteiger partial charge in [0, 0.05) is 24.7 Å². The fourth-order valence-corrected chi connectivity index (χ4v) is 4.04. The van der Waals surface area contributed by atoms with Crippen LogP contribution in [0.25, 0.3) is 0 Å². The molecule has 1 N–H and O–H groups in total. The first-order valence-electron chi connectivity index (χ1n) is 8.12. The Balaban J connectivity index is 2.23. The van der Waals surface area contributed by atoms with Crippen molar-refractivity contribution in [2.24, 2.45) is 0 Å². The van der Waals surface area contributed by atoms with Crippen molar-refractivity contribution in [2.45, 2.75) is 25.3 Å². The maximum atomic E-state index is 14.1. The van der Waals surface area contributed by atoms with E-state index in [2.05, 4.69) is 5.32 Å². The first kappa shape index (κ1) is 20.4. The summed E-state index contributed by atoms with van der Waals surface area (Å²) in [7, 11) is -3.77. The van der Waals surface area contributed by atoms with E-state index in [9.17, 15) is 17.6 Å². The van der Waals surface area contributed by atoms with Crippen molar-refractivity contribution in [1.29, 1.82) is 0 Å². The van der Waals surface area contributed by atoms with E-state index >= 15 is 0 Å². The molecular weight excluding hydrogens is 379 g/mol. The van der Waals surface area contributed by atoms with E-state index in [1.54, 1.807) is 38.1 Å².